The first-order valence-electron chi connectivity index (χ1n) is 11.5. The standard InChI is InChI=1S/C28H22FN5O3/c1-37-24-13-17(8-9-23(24)35)22-15-25(33-26(16-30)32-22)34-28(10-11-28)19-5-3-7-21(14-19)31-27(36)18-4-2-6-20(29)12-18/h2-9,12-15,35H,10-11H2,1H3,(H,31,36)(H,32,33,34). The largest absolute Gasteiger partial charge is 0.504 e. The molecule has 1 aromatic heterocycles. The second-order valence-electron chi connectivity index (χ2n) is 8.71. The first kappa shape index (κ1) is 23.8. The van der Waals surface area contributed by atoms with Crippen molar-refractivity contribution in [3.63, 3.8) is 0 Å². The average molecular weight is 496 g/mol. The summed E-state index contributed by atoms with van der Waals surface area (Å²) >= 11 is 0. The van der Waals surface area contributed by atoms with Gasteiger partial charge in [0.2, 0.25) is 5.82 Å². The normalized spacial score (nSPS) is 13.3. The number of carbonyl (C=O) groups excluding carboxylic acids is 1. The van der Waals surface area contributed by atoms with E-state index in [4.69, 9.17) is 4.74 Å². The summed E-state index contributed by atoms with van der Waals surface area (Å²) in [6, 6.07) is 21.5. The van der Waals surface area contributed by atoms with Gasteiger partial charge in [0.1, 0.15) is 17.7 Å². The maximum Gasteiger partial charge on any atom is 0.255 e. The van der Waals surface area contributed by atoms with Gasteiger partial charge in [0, 0.05) is 22.9 Å². The minimum atomic E-state index is -0.478. The van der Waals surface area contributed by atoms with Gasteiger partial charge in [-0.3, -0.25) is 4.79 Å². The molecule has 3 aromatic carbocycles. The van der Waals surface area contributed by atoms with Crippen molar-refractivity contribution in [1.29, 1.82) is 5.26 Å². The zero-order valence-electron chi connectivity index (χ0n) is 19.8. The molecule has 1 heterocycles. The first-order valence-corrected chi connectivity index (χ1v) is 11.5. The van der Waals surface area contributed by atoms with Crippen molar-refractivity contribution >= 4 is 17.4 Å². The highest BCUT2D eigenvalue weighted by atomic mass is 19.1. The maximum atomic E-state index is 13.5. The van der Waals surface area contributed by atoms with Crippen LogP contribution in [0.25, 0.3) is 11.3 Å². The predicted octanol–water partition coefficient (Wildman–Crippen LogP) is 5.22. The fraction of sp³-hybridized carbons (Fsp3) is 0.143. The Kier molecular flexibility index (Phi) is 6.15. The van der Waals surface area contributed by atoms with E-state index in [2.05, 4.69) is 20.6 Å². The SMILES string of the molecule is COc1cc(-c2cc(NC3(c4cccc(NC(=O)c5cccc(F)c5)c4)CC3)nc(C#N)n2)ccc1O. The van der Waals surface area contributed by atoms with Crippen LogP contribution in [-0.4, -0.2) is 28.1 Å². The van der Waals surface area contributed by atoms with E-state index in [9.17, 15) is 19.6 Å². The summed E-state index contributed by atoms with van der Waals surface area (Å²) in [5.74, 6) is -0.119. The Morgan fingerprint density at radius 2 is 1.89 bits per heavy atom. The fourth-order valence-electron chi connectivity index (χ4n) is 4.13. The van der Waals surface area contributed by atoms with Crippen LogP contribution < -0.4 is 15.4 Å². The lowest BCUT2D eigenvalue weighted by Crippen LogP contribution is -2.20. The molecule has 1 saturated carbocycles. The molecule has 0 spiro atoms. The van der Waals surface area contributed by atoms with Gasteiger partial charge in [-0.15, -0.1) is 0 Å². The Bertz CT molecular complexity index is 1550. The van der Waals surface area contributed by atoms with E-state index >= 15 is 0 Å². The molecule has 4 aromatic rings. The molecule has 5 rings (SSSR count). The fourth-order valence-corrected chi connectivity index (χ4v) is 4.13. The number of hydrogen-bond acceptors (Lipinski definition) is 7. The third kappa shape index (κ3) is 5.04. The third-order valence-corrected chi connectivity index (χ3v) is 6.18. The molecule has 1 amide bonds. The molecule has 0 aliphatic heterocycles. The Labute approximate surface area is 212 Å². The second kappa shape index (κ2) is 9.59. The van der Waals surface area contributed by atoms with Crippen molar-refractivity contribution < 1.29 is 19.0 Å². The smallest absolute Gasteiger partial charge is 0.255 e. The Hall–Kier alpha value is -4.97. The zero-order valence-corrected chi connectivity index (χ0v) is 19.8. The highest BCUT2D eigenvalue weighted by molar-refractivity contribution is 6.04. The number of carbonyl (C=O) groups is 1. The number of amides is 1. The van der Waals surface area contributed by atoms with E-state index in [-0.39, 0.29) is 17.1 Å². The van der Waals surface area contributed by atoms with E-state index in [0.29, 0.717) is 28.5 Å². The maximum absolute atomic E-state index is 13.5. The number of nitriles is 1. The summed E-state index contributed by atoms with van der Waals surface area (Å²) in [6.07, 6.45) is 1.64. The summed E-state index contributed by atoms with van der Waals surface area (Å²) in [5, 5.41) is 25.7. The molecule has 3 N–H and O–H groups in total. The van der Waals surface area contributed by atoms with E-state index in [1.807, 2.05) is 24.3 Å². The quantitative estimate of drug-likeness (QED) is 0.321. The number of aromatic hydroxyl groups is 1. The van der Waals surface area contributed by atoms with Crippen LogP contribution in [0.3, 0.4) is 0 Å². The number of rotatable bonds is 7. The van der Waals surface area contributed by atoms with Gasteiger partial charge >= 0.3 is 0 Å². The minimum absolute atomic E-state index is 0.000432. The topological polar surface area (TPSA) is 120 Å². The van der Waals surface area contributed by atoms with E-state index in [0.717, 1.165) is 18.4 Å². The number of nitrogens with zero attached hydrogens (tertiary/aromatic N) is 3. The summed E-state index contributed by atoms with van der Waals surface area (Å²) in [5.41, 5.74) is 2.48. The Morgan fingerprint density at radius 3 is 2.62 bits per heavy atom. The van der Waals surface area contributed by atoms with Crippen molar-refractivity contribution in [2.45, 2.75) is 18.4 Å². The van der Waals surface area contributed by atoms with E-state index in [1.165, 1.54) is 31.4 Å². The van der Waals surface area contributed by atoms with Gasteiger partial charge in [-0.25, -0.2) is 14.4 Å². The molecule has 1 aliphatic carbocycles. The first-order chi connectivity index (χ1) is 17.9. The number of ether oxygens (including phenoxy) is 1. The number of phenols is 1. The molecule has 8 nitrogen and oxygen atoms in total. The monoisotopic (exact) mass is 495 g/mol. The van der Waals surface area contributed by atoms with Gasteiger partial charge in [0.15, 0.2) is 11.5 Å². The highest BCUT2D eigenvalue weighted by Crippen LogP contribution is 2.48. The molecule has 0 saturated heterocycles. The Balaban J connectivity index is 1.40. The number of hydrogen-bond donors (Lipinski definition) is 3. The van der Waals surface area contributed by atoms with E-state index < -0.39 is 17.3 Å². The molecule has 0 bridgehead atoms. The molecule has 0 radical (unpaired) electrons. The molecule has 1 aliphatic rings. The van der Waals surface area contributed by atoms with Gasteiger partial charge in [-0.1, -0.05) is 18.2 Å². The van der Waals surface area contributed by atoms with Crippen molar-refractivity contribution in [2.75, 3.05) is 17.7 Å². The van der Waals surface area contributed by atoms with Crippen LogP contribution in [0.2, 0.25) is 0 Å². The van der Waals surface area contributed by atoms with Gasteiger partial charge in [0.05, 0.1) is 18.3 Å². The molecular formula is C28H22FN5O3. The summed E-state index contributed by atoms with van der Waals surface area (Å²) in [6.45, 7) is 0. The number of aromatic nitrogens is 2. The number of benzene rings is 3. The molecular weight excluding hydrogens is 473 g/mol. The zero-order chi connectivity index (χ0) is 26.0. The van der Waals surface area contributed by atoms with E-state index in [1.54, 1.807) is 30.3 Å². The van der Waals surface area contributed by atoms with Crippen molar-refractivity contribution in [2.24, 2.45) is 0 Å². The van der Waals surface area contributed by atoms with Crippen molar-refractivity contribution in [3.05, 3.63) is 95.6 Å². The van der Waals surface area contributed by atoms with Gasteiger partial charge in [-0.2, -0.15) is 5.26 Å². The summed E-state index contributed by atoms with van der Waals surface area (Å²) in [7, 11) is 1.46. The van der Waals surface area contributed by atoms with Crippen molar-refractivity contribution in [3.8, 4) is 28.8 Å². The summed E-state index contributed by atoms with van der Waals surface area (Å²) in [4.78, 5) is 21.2. The number of anilines is 2. The Morgan fingerprint density at radius 1 is 1.08 bits per heavy atom. The third-order valence-electron chi connectivity index (χ3n) is 6.18. The molecule has 9 heteroatoms. The van der Waals surface area contributed by atoms with Crippen LogP contribution in [-0.2, 0) is 5.54 Å². The second-order valence-corrected chi connectivity index (χ2v) is 8.71. The van der Waals surface area contributed by atoms with Crippen LogP contribution in [0.15, 0.2) is 72.8 Å². The van der Waals surface area contributed by atoms with Gasteiger partial charge < -0.3 is 20.5 Å². The van der Waals surface area contributed by atoms with Crippen LogP contribution in [0, 0.1) is 17.1 Å². The summed E-state index contributed by atoms with van der Waals surface area (Å²) < 4.78 is 18.7. The molecule has 184 valence electrons. The molecule has 1 fully saturated rings. The van der Waals surface area contributed by atoms with Crippen molar-refractivity contribution in [1.82, 2.24) is 9.97 Å². The lowest BCUT2D eigenvalue weighted by Gasteiger charge is -2.20. The van der Waals surface area contributed by atoms with Crippen LogP contribution >= 0.6 is 0 Å². The molecule has 0 atom stereocenters. The highest BCUT2D eigenvalue weighted by Gasteiger charge is 2.45. The lowest BCUT2D eigenvalue weighted by atomic mass is 10.0. The average Bonchev–Trinajstić information content (AvgIpc) is 3.69. The number of halogens is 1. The van der Waals surface area contributed by atoms with Crippen LogP contribution in [0.4, 0.5) is 15.9 Å². The van der Waals surface area contributed by atoms with Crippen LogP contribution in [0.1, 0.15) is 34.6 Å². The number of nitrogens with one attached hydrogen (secondary N) is 2. The lowest BCUT2D eigenvalue weighted by molar-refractivity contribution is 0.102. The predicted molar refractivity (Wildman–Crippen MR) is 136 cm³/mol. The number of methoxy groups -OCH3 is 1. The molecule has 0 unspecified atom stereocenters. The van der Waals surface area contributed by atoms with Gasteiger partial charge in [0.25, 0.3) is 5.91 Å². The van der Waals surface area contributed by atoms with Crippen LogP contribution in [0.5, 0.6) is 11.5 Å². The number of phenolic OH excluding ortho intramolecular Hbond substituents is 1. The van der Waals surface area contributed by atoms with Gasteiger partial charge in [-0.05, 0) is 66.9 Å². The minimum Gasteiger partial charge on any atom is -0.504 e. The molecule has 37 heavy (non-hydrogen) atoms.